The minimum atomic E-state index is -1.10. The van der Waals surface area contributed by atoms with Crippen LogP contribution in [-0.4, -0.2) is 49.9 Å². The molecule has 0 radical (unpaired) electrons. The average Bonchev–Trinajstić information content (AvgIpc) is 3.26. The molecule has 0 bridgehead atoms. The lowest BCUT2D eigenvalue weighted by Gasteiger charge is -2.37. The lowest BCUT2D eigenvalue weighted by molar-refractivity contribution is -0.946. The Labute approximate surface area is 216 Å². The number of fused-ring (bicyclic) bond motifs is 1. The number of hydrazine groups is 1. The number of pyridine rings is 1. The fourth-order valence-corrected chi connectivity index (χ4v) is 5.18. The van der Waals surface area contributed by atoms with Crippen LogP contribution in [0.4, 0.5) is 0 Å². The van der Waals surface area contributed by atoms with Crippen LogP contribution in [0.25, 0.3) is 0 Å². The summed E-state index contributed by atoms with van der Waals surface area (Å²) in [5, 5.41) is 26.7. The van der Waals surface area contributed by atoms with Gasteiger partial charge in [0.25, 0.3) is 10.2 Å². The third kappa shape index (κ3) is 4.86. The molecule has 10 heteroatoms. The van der Waals surface area contributed by atoms with E-state index in [9.17, 15) is 15.1 Å². The predicted octanol–water partition coefficient (Wildman–Crippen LogP) is 5.36. The Balaban J connectivity index is 1.58. The molecule has 194 valence electrons. The lowest BCUT2D eigenvalue weighted by Crippen LogP contribution is -2.44. The SMILES string of the molecule is Cc1ncc2c(c1C1(C(=O)O)CCC(O/N=[N+](\O)N(C)C(C)(C)C)CC1)COC2c1ccc(Cl)cc1. The molecule has 2 heterocycles. The number of aromatic nitrogens is 1. The Morgan fingerprint density at radius 1 is 1.28 bits per heavy atom. The second-order valence-corrected chi connectivity index (χ2v) is 11.1. The van der Waals surface area contributed by atoms with E-state index in [4.69, 9.17) is 21.2 Å². The van der Waals surface area contributed by atoms with E-state index in [-0.39, 0.29) is 17.7 Å². The maximum absolute atomic E-state index is 12.8. The molecule has 1 fully saturated rings. The number of halogens is 1. The van der Waals surface area contributed by atoms with Gasteiger partial charge in [-0.25, -0.2) is 5.21 Å². The largest absolute Gasteiger partial charge is 0.481 e. The lowest BCUT2D eigenvalue weighted by atomic mass is 9.66. The summed E-state index contributed by atoms with van der Waals surface area (Å²) in [6, 6.07) is 7.47. The summed E-state index contributed by atoms with van der Waals surface area (Å²) in [6.45, 7) is 7.99. The van der Waals surface area contributed by atoms with Gasteiger partial charge in [-0.3, -0.25) is 9.78 Å². The van der Waals surface area contributed by atoms with E-state index in [0.29, 0.717) is 48.0 Å². The zero-order valence-corrected chi connectivity index (χ0v) is 22.1. The Hall–Kier alpha value is -2.91. The van der Waals surface area contributed by atoms with Gasteiger partial charge in [-0.15, -0.1) is 5.01 Å². The second-order valence-electron chi connectivity index (χ2n) is 10.6. The molecule has 2 aromatic rings. The van der Waals surface area contributed by atoms with E-state index < -0.39 is 11.4 Å². The minimum Gasteiger partial charge on any atom is -0.481 e. The van der Waals surface area contributed by atoms with E-state index in [0.717, 1.165) is 22.3 Å². The van der Waals surface area contributed by atoms with Crippen LogP contribution in [0.5, 0.6) is 0 Å². The summed E-state index contributed by atoms with van der Waals surface area (Å²) in [6.07, 6.45) is 2.88. The first-order valence-electron chi connectivity index (χ1n) is 12.1. The van der Waals surface area contributed by atoms with Gasteiger partial charge < -0.3 is 14.7 Å². The molecule has 36 heavy (non-hydrogen) atoms. The Morgan fingerprint density at radius 2 is 1.92 bits per heavy atom. The highest BCUT2D eigenvalue weighted by Crippen LogP contribution is 2.47. The van der Waals surface area contributed by atoms with Crippen LogP contribution >= 0.6 is 11.6 Å². The van der Waals surface area contributed by atoms with Crippen molar-refractivity contribution in [3.8, 4) is 0 Å². The van der Waals surface area contributed by atoms with Crippen molar-refractivity contribution in [1.82, 2.24) is 9.99 Å². The number of carboxylic acid groups (broad SMARTS) is 1. The fourth-order valence-electron chi connectivity index (χ4n) is 5.05. The maximum atomic E-state index is 12.8. The van der Waals surface area contributed by atoms with Crippen molar-refractivity contribution in [2.45, 2.75) is 83.1 Å². The number of hydrogen-bond donors (Lipinski definition) is 2. The standard InChI is InChI=1S/C26H33ClN4O5/c1-16-22(21-15-35-23(20(21)14-28-16)17-6-8-18(27)9-7-17)26(24(32)33)12-10-19(11-13-26)36-29-31(34)30(5)25(2,3)4/h6-9,14,19,23H,10-13,15H2,1-5H3,(H-,29,32,33,34)/p+1. The molecule has 1 saturated carbocycles. The second kappa shape index (κ2) is 9.86. The van der Waals surface area contributed by atoms with Crippen molar-refractivity contribution in [2.24, 2.45) is 5.28 Å². The molecular weight excluding hydrogens is 484 g/mol. The van der Waals surface area contributed by atoms with Crippen LogP contribution in [0.1, 0.15) is 80.5 Å². The summed E-state index contributed by atoms with van der Waals surface area (Å²) in [4.78, 5) is 23.7. The number of aliphatic carboxylic acids is 1. The number of carboxylic acids is 1. The quantitative estimate of drug-likeness (QED) is 0.302. The van der Waals surface area contributed by atoms with E-state index in [1.807, 2.05) is 52.0 Å². The molecular formula is C26H34ClN4O5+. The van der Waals surface area contributed by atoms with Crippen LogP contribution in [0.3, 0.4) is 0 Å². The van der Waals surface area contributed by atoms with E-state index in [1.165, 1.54) is 5.01 Å². The number of rotatable bonds is 6. The van der Waals surface area contributed by atoms with Gasteiger partial charge in [0, 0.05) is 22.5 Å². The first kappa shape index (κ1) is 26.2. The third-order valence-corrected chi connectivity index (χ3v) is 7.69. The van der Waals surface area contributed by atoms with E-state index in [1.54, 1.807) is 13.2 Å². The molecule has 0 amide bonds. The van der Waals surface area contributed by atoms with Crippen molar-refractivity contribution in [3.63, 3.8) is 0 Å². The Kier molecular flexibility index (Phi) is 7.16. The topological polar surface area (TPSA) is 107 Å². The van der Waals surface area contributed by atoms with Gasteiger partial charge in [-0.05, 0) is 82.2 Å². The number of nitrogens with zero attached hydrogens (tertiary/aromatic N) is 4. The minimum absolute atomic E-state index is 0.302. The summed E-state index contributed by atoms with van der Waals surface area (Å²) < 4.78 is 6.14. The highest BCUT2D eigenvalue weighted by molar-refractivity contribution is 6.30. The predicted molar refractivity (Wildman–Crippen MR) is 132 cm³/mol. The smallest absolute Gasteiger partial charge is 0.314 e. The normalized spacial score (nSPS) is 24.3. The molecule has 1 aromatic carbocycles. The summed E-state index contributed by atoms with van der Waals surface area (Å²) in [7, 11) is 1.70. The van der Waals surface area contributed by atoms with Gasteiger partial charge >= 0.3 is 5.97 Å². The number of carbonyl (C=O) groups is 1. The zero-order chi connectivity index (χ0) is 26.3. The van der Waals surface area contributed by atoms with Crippen LogP contribution in [-0.2, 0) is 26.4 Å². The average molecular weight is 518 g/mol. The molecule has 1 aliphatic heterocycles. The molecule has 1 aromatic heterocycles. The van der Waals surface area contributed by atoms with Crippen LogP contribution in [0.2, 0.25) is 5.02 Å². The highest BCUT2D eigenvalue weighted by Gasteiger charge is 2.48. The Bertz CT molecular complexity index is 1150. The van der Waals surface area contributed by atoms with Gasteiger partial charge in [-0.1, -0.05) is 23.7 Å². The van der Waals surface area contributed by atoms with Crippen molar-refractivity contribution in [2.75, 3.05) is 7.05 Å². The molecule has 2 N–H and O–H groups in total. The summed E-state index contributed by atoms with van der Waals surface area (Å²) in [5.41, 5.74) is 2.75. The first-order chi connectivity index (χ1) is 16.9. The van der Waals surface area contributed by atoms with Crippen LogP contribution < -0.4 is 0 Å². The fraction of sp³-hybridized carbons (Fsp3) is 0.538. The number of benzene rings is 1. The molecule has 9 nitrogen and oxygen atoms in total. The van der Waals surface area contributed by atoms with Crippen molar-refractivity contribution < 1.29 is 29.7 Å². The molecule has 0 spiro atoms. The molecule has 0 saturated heterocycles. The molecule has 2 aliphatic rings. The van der Waals surface area contributed by atoms with Crippen LogP contribution in [0, 0.1) is 6.92 Å². The van der Waals surface area contributed by atoms with Gasteiger partial charge in [0.15, 0.2) is 0 Å². The van der Waals surface area contributed by atoms with Crippen molar-refractivity contribution >= 4 is 17.6 Å². The molecule has 4 rings (SSSR count). The van der Waals surface area contributed by atoms with E-state index in [2.05, 4.69) is 10.3 Å². The van der Waals surface area contributed by atoms with Crippen LogP contribution in [0.15, 0.2) is 35.7 Å². The number of ether oxygens (including phenoxy) is 1. The van der Waals surface area contributed by atoms with Crippen molar-refractivity contribution in [3.05, 3.63) is 63.4 Å². The monoisotopic (exact) mass is 517 g/mol. The highest BCUT2D eigenvalue weighted by atomic mass is 35.5. The molecule has 1 aliphatic carbocycles. The van der Waals surface area contributed by atoms with E-state index >= 15 is 0 Å². The maximum Gasteiger partial charge on any atom is 0.314 e. The molecule has 1 unspecified atom stereocenters. The molecule has 1 atom stereocenters. The summed E-state index contributed by atoms with van der Waals surface area (Å²) in [5.74, 6) is -0.873. The number of aryl methyl sites for hydroxylation is 1. The van der Waals surface area contributed by atoms with Gasteiger partial charge in [0.1, 0.15) is 12.2 Å². The van der Waals surface area contributed by atoms with Gasteiger partial charge in [0.05, 0.1) is 24.6 Å². The third-order valence-electron chi connectivity index (χ3n) is 7.44. The summed E-state index contributed by atoms with van der Waals surface area (Å²) >= 11 is 6.05. The van der Waals surface area contributed by atoms with Gasteiger partial charge in [-0.2, -0.15) is 0 Å². The number of hydrogen-bond acceptors (Lipinski definition) is 5. The first-order valence-corrected chi connectivity index (χ1v) is 12.5. The van der Waals surface area contributed by atoms with Gasteiger partial charge in [0.2, 0.25) is 0 Å². The van der Waals surface area contributed by atoms with Crippen molar-refractivity contribution in [1.29, 1.82) is 0 Å². The Morgan fingerprint density at radius 3 is 2.50 bits per heavy atom. The zero-order valence-electron chi connectivity index (χ0n) is 21.4.